The summed E-state index contributed by atoms with van der Waals surface area (Å²) >= 11 is 0. The Bertz CT molecular complexity index is 567. The molecule has 100 valence electrons. The topological polar surface area (TPSA) is 96.0 Å². The Hall–Kier alpha value is -1.60. The molecule has 0 aliphatic rings. The van der Waals surface area contributed by atoms with E-state index >= 15 is 0 Å². The summed E-state index contributed by atoms with van der Waals surface area (Å²) in [6.07, 6.45) is 0. The maximum atomic E-state index is 12.2. The highest BCUT2D eigenvalue weighted by atomic mass is 32.2. The van der Waals surface area contributed by atoms with Gasteiger partial charge in [-0.1, -0.05) is 11.2 Å². The maximum Gasteiger partial charge on any atom is 0.243 e. The molecular weight excluding hydrogens is 254 g/mol. The molecule has 0 fully saturated rings. The van der Waals surface area contributed by atoms with Gasteiger partial charge < -0.3 is 10.9 Å². The van der Waals surface area contributed by atoms with E-state index in [2.05, 4.69) is 5.16 Å². The molecule has 1 aromatic rings. The highest BCUT2D eigenvalue weighted by Gasteiger charge is 2.21. The first kappa shape index (κ1) is 14.5. The molecule has 0 aromatic heterocycles. The first-order valence-electron chi connectivity index (χ1n) is 5.29. The average Bonchev–Trinajstić information content (AvgIpc) is 2.32. The van der Waals surface area contributed by atoms with E-state index < -0.39 is 10.0 Å². The van der Waals surface area contributed by atoms with Gasteiger partial charge in [0.15, 0.2) is 5.84 Å². The number of rotatable bonds is 4. The first-order valence-corrected chi connectivity index (χ1v) is 6.73. The van der Waals surface area contributed by atoms with Gasteiger partial charge in [-0.3, -0.25) is 0 Å². The van der Waals surface area contributed by atoms with E-state index in [1.165, 1.54) is 7.05 Å². The fraction of sp³-hybridized carbons (Fsp3) is 0.364. The van der Waals surface area contributed by atoms with E-state index in [1.54, 1.807) is 18.2 Å². The molecule has 1 rings (SSSR count). The third-order valence-corrected chi connectivity index (χ3v) is 4.50. The number of sulfonamides is 1. The fourth-order valence-electron chi connectivity index (χ4n) is 1.40. The van der Waals surface area contributed by atoms with Crippen molar-refractivity contribution in [2.75, 3.05) is 13.6 Å². The Morgan fingerprint density at radius 1 is 1.39 bits per heavy atom. The number of hydrogen-bond acceptors (Lipinski definition) is 4. The maximum absolute atomic E-state index is 12.2. The Kier molecular flexibility index (Phi) is 4.31. The molecule has 0 saturated carbocycles. The second kappa shape index (κ2) is 5.36. The number of aryl methyl sites for hydroxylation is 2. The zero-order valence-electron chi connectivity index (χ0n) is 10.6. The predicted molar refractivity (Wildman–Crippen MR) is 69.1 cm³/mol. The molecule has 0 amide bonds. The van der Waals surface area contributed by atoms with Gasteiger partial charge in [0.05, 0.1) is 11.4 Å². The van der Waals surface area contributed by atoms with Crippen molar-refractivity contribution < 1.29 is 13.6 Å². The lowest BCUT2D eigenvalue weighted by molar-refractivity contribution is 0.315. The van der Waals surface area contributed by atoms with E-state index in [4.69, 9.17) is 10.9 Å². The first-order chi connectivity index (χ1) is 8.28. The standard InChI is InChI=1S/C11H17N3O3S/c1-8-4-5-10(6-9(8)2)18(16,17)14(3)7-11(12)13-15/h4-6,15H,7H2,1-3H3,(H2,12,13). The van der Waals surface area contributed by atoms with Gasteiger partial charge in [0, 0.05) is 7.05 Å². The van der Waals surface area contributed by atoms with Gasteiger partial charge in [-0.25, -0.2) is 8.42 Å². The highest BCUT2D eigenvalue weighted by molar-refractivity contribution is 7.89. The van der Waals surface area contributed by atoms with Crippen LogP contribution in [0.4, 0.5) is 0 Å². The van der Waals surface area contributed by atoms with Crippen molar-refractivity contribution >= 4 is 15.9 Å². The summed E-state index contributed by atoms with van der Waals surface area (Å²) in [5.41, 5.74) is 7.21. The lowest BCUT2D eigenvalue weighted by Crippen LogP contribution is -2.35. The summed E-state index contributed by atoms with van der Waals surface area (Å²) in [5.74, 6) is -0.162. The third-order valence-electron chi connectivity index (χ3n) is 2.70. The second-order valence-corrected chi connectivity index (χ2v) is 6.14. The van der Waals surface area contributed by atoms with Gasteiger partial charge in [-0.2, -0.15) is 4.31 Å². The van der Waals surface area contributed by atoms with E-state index in [-0.39, 0.29) is 17.3 Å². The number of amidine groups is 1. The van der Waals surface area contributed by atoms with Gasteiger partial charge in [0.25, 0.3) is 0 Å². The Morgan fingerprint density at radius 3 is 2.50 bits per heavy atom. The van der Waals surface area contributed by atoms with Gasteiger partial charge in [-0.05, 0) is 37.1 Å². The molecule has 0 spiro atoms. The van der Waals surface area contributed by atoms with Crippen LogP contribution in [-0.4, -0.2) is 37.4 Å². The Balaban J connectivity index is 3.09. The molecule has 0 radical (unpaired) electrons. The third kappa shape index (κ3) is 2.99. The lowest BCUT2D eigenvalue weighted by Gasteiger charge is -2.17. The number of benzene rings is 1. The molecule has 6 nitrogen and oxygen atoms in total. The van der Waals surface area contributed by atoms with E-state index in [0.29, 0.717) is 0 Å². The van der Waals surface area contributed by atoms with Crippen molar-refractivity contribution in [1.82, 2.24) is 4.31 Å². The van der Waals surface area contributed by atoms with Crippen LogP contribution >= 0.6 is 0 Å². The van der Waals surface area contributed by atoms with E-state index in [1.807, 2.05) is 13.8 Å². The minimum Gasteiger partial charge on any atom is -0.409 e. The summed E-state index contributed by atoms with van der Waals surface area (Å²) in [6.45, 7) is 3.59. The predicted octanol–water partition coefficient (Wildman–Crippen LogP) is 0.670. The van der Waals surface area contributed by atoms with Crippen LogP contribution in [0.15, 0.2) is 28.3 Å². The molecule has 0 heterocycles. The van der Waals surface area contributed by atoms with Crippen LogP contribution in [0.5, 0.6) is 0 Å². The van der Waals surface area contributed by atoms with Crippen LogP contribution in [0.3, 0.4) is 0 Å². The van der Waals surface area contributed by atoms with Crippen molar-refractivity contribution in [1.29, 1.82) is 0 Å². The normalized spacial score (nSPS) is 13.0. The minimum absolute atomic E-state index is 0.161. The molecule has 0 unspecified atom stereocenters. The molecule has 1 aromatic carbocycles. The number of likely N-dealkylation sites (N-methyl/N-ethyl adjacent to an activating group) is 1. The average molecular weight is 271 g/mol. The molecule has 7 heteroatoms. The van der Waals surface area contributed by atoms with Gasteiger partial charge in [-0.15, -0.1) is 0 Å². The quantitative estimate of drug-likeness (QED) is 0.364. The van der Waals surface area contributed by atoms with Crippen LogP contribution in [0.2, 0.25) is 0 Å². The largest absolute Gasteiger partial charge is 0.409 e. The van der Waals surface area contributed by atoms with Gasteiger partial charge in [0.2, 0.25) is 10.0 Å². The van der Waals surface area contributed by atoms with Crippen LogP contribution in [0, 0.1) is 13.8 Å². The Labute approximate surface area is 107 Å². The summed E-state index contributed by atoms with van der Waals surface area (Å²) in [4.78, 5) is 0.193. The number of oxime groups is 1. The van der Waals surface area contributed by atoms with Crippen LogP contribution in [0.1, 0.15) is 11.1 Å². The summed E-state index contributed by atoms with van der Waals surface area (Å²) < 4.78 is 25.4. The fourth-order valence-corrected chi connectivity index (χ4v) is 2.63. The highest BCUT2D eigenvalue weighted by Crippen LogP contribution is 2.17. The van der Waals surface area contributed by atoms with Crippen LogP contribution in [-0.2, 0) is 10.0 Å². The summed E-state index contributed by atoms with van der Waals surface area (Å²) in [6, 6.07) is 4.90. The number of nitrogens with zero attached hydrogens (tertiary/aromatic N) is 2. The van der Waals surface area contributed by atoms with Gasteiger partial charge in [0.1, 0.15) is 0 Å². The van der Waals surface area contributed by atoms with Crippen LogP contribution in [0.25, 0.3) is 0 Å². The van der Waals surface area contributed by atoms with Crippen molar-refractivity contribution in [3.8, 4) is 0 Å². The minimum atomic E-state index is -3.62. The number of nitrogens with two attached hydrogens (primary N) is 1. The molecule has 0 saturated heterocycles. The molecule has 0 bridgehead atoms. The lowest BCUT2D eigenvalue weighted by atomic mass is 10.1. The van der Waals surface area contributed by atoms with Gasteiger partial charge >= 0.3 is 0 Å². The van der Waals surface area contributed by atoms with Crippen molar-refractivity contribution in [2.24, 2.45) is 10.9 Å². The SMILES string of the molecule is Cc1ccc(S(=O)(=O)N(C)CC(N)=NO)cc1C. The summed E-state index contributed by atoms with van der Waals surface area (Å²) in [7, 11) is -2.24. The monoisotopic (exact) mass is 271 g/mol. The molecule has 18 heavy (non-hydrogen) atoms. The molecule has 3 N–H and O–H groups in total. The van der Waals surface area contributed by atoms with Crippen molar-refractivity contribution in [3.05, 3.63) is 29.3 Å². The van der Waals surface area contributed by atoms with Crippen molar-refractivity contribution in [3.63, 3.8) is 0 Å². The Morgan fingerprint density at radius 2 is 2.00 bits per heavy atom. The van der Waals surface area contributed by atoms with E-state index in [0.717, 1.165) is 15.4 Å². The second-order valence-electron chi connectivity index (χ2n) is 4.10. The molecule has 0 aliphatic carbocycles. The smallest absolute Gasteiger partial charge is 0.243 e. The van der Waals surface area contributed by atoms with E-state index in [9.17, 15) is 8.42 Å². The van der Waals surface area contributed by atoms with Crippen molar-refractivity contribution in [2.45, 2.75) is 18.7 Å². The molecule has 0 aliphatic heterocycles. The molecular formula is C11H17N3O3S. The molecule has 0 atom stereocenters. The summed E-state index contributed by atoms with van der Waals surface area (Å²) in [5, 5.41) is 11.2. The number of hydrogen-bond donors (Lipinski definition) is 2. The zero-order chi connectivity index (χ0) is 13.9. The zero-order valence-corrected chi connectivity index (χ0v) is 11.4. The van der Waals surface area contributed by atoms with Crippen LogP contribution < -0.4 is 5.73 Å².